The van der Waals surface area contributed by atoms with Crippen molar-refractivity contribution in [1.82, 2.24) is 10.6 Å². The number of hydrogen-bond acceptors (Lipinski definition) is 3. The lowest BCUT2D eigenvalue weighted by Crippen LogP contribution is -2.23. The second kappa shape index (κ2) is 8.32. The molecule has 1 rings (SSSR count). The van der Waals surface area contributed by atoms with Crippen LogP contribution in [0.5, 0.6) is 0 Å². The van der Waals surface area contributed by atoms with Crippen LogP contribution >= 0.6 is 0 Å². The molecule has 0 aliphatic heterocycles. The molecule has 0 heterocycles. The van der Waals surface area contributed by atoms with Crippen molar-refractivity contribution in [3.8, 4) is 0 Å². The van der Waals surface area contributed by atoms with Crippen molar-refractivity contribution in [2.24, 2.45) is 0 Å². The molecule has 0 fully saturated rings. The Labute approximate surface area is 120 Å². The highest BCUT2D eigenvalue weighted by molar-refractivity contribution is 5.96. The monoisotopic (exact) mass is 277 g/mol. The van der Waals surface area contributed by atoms with Gasteiger partial charge in [-0.1, -0.05) is 6.92 Å². The van der Waals surface area contributed by atoms with Gasteiger partial charge in [0.1, 0.15) is 0 Å². The predicted octanol–water partition coefficient (Wildman–Crippen LogP) is 1.68. The lowest BCUT2D eigenvalue weighted by molar-refractivity contribution is -0.116. The first kappa shape index (κ1) is 16.2. The van der Waals surface area contributed by atoms with E-state index in [1.165, 1.54) is 0 Å². The van der Waals surface area contributed by atoms with Crippen LogP contribution < -0.4 is 16.0 Å². The van der Waals surface area contributed by atoms with E-state index in [-0.39, 0.29) is 11.8 Å². The summed E-state index contributed by atoms with van der Waals surface area (Å²) in [5, 5.41) is 8.71. The van der Waals surface area contributed by atoms with Gasteiger partial charge >= 0.3 is 0 Å². The van der Waals surface area contributed by atoms with Crippen molar-refractivity contribution in [2.45, 2.75) is 27.2 Å². The normalized spacial score (nSPS) is 10.2. The molecule has 1 aromatic rings. The highest BCUT2D eigenvalue weighted by Crippen LogP contribution is 2.16. The van der Waals surface area contributed by atoms with Crippen molar-refractivity contribution in [2.75, 3.05) is 25.0 Å². The van der Waals surface area contributed by atoms with E-state index >= 15 is 0 Å². The van der Waals surface area contributed by atoms with Gasteiger partial charge < -0.3 is 16.0 Å². The van der Waals surface area contributed by atoms with Crippen LogP contribution in [0.2, 0.25) is 0 Å². The Balaban J connectivity index is 2.64. The van der Waals surface area contributed by atoms with Crippen molar-refractivity contribution in [3.63, 3.8) is 0 Å². The van der Waals surface area contributed by atoms with Gasteiger partial charge in [0, 0.05) is 30.8 Å². The maximum absolute atomic E-state index is 11.7. The number of hydrogen-bond donors (Lipinski definition) is 3. The average Bonchev–Trinajstić information content (AvgIpc) is 2.41. The molecule has 0 saturated carbocycles. The Bertz CT molecular complexity index is 472. The first-order chi connectivity index (χ1) is 9.58. The average molecular weight is 277 g/mol. The third-order valence-corrected chi connectivity index (χ3v) is 2.88. The van der Waals surface area contributed by atoms with Crippen LogP contribution in [0.1, 0.15) is 36.2 Å². The van der Waals surface area contributed by atoms with Gasteiger partial charge in [-0.2, -0.15) is 0 Å². The Morgan fingerprint density at radius 1 is 1.15 bits per heavy atom. The number of nitrogens with one attached hydrogen (secondary N) is 3. The Hall–Kier alpha value is -1.88. The second-order valence-corrected chi connectivity index (χ2v) is 4.54. The van der Waals surface area contributed by atoms with E-state index < -0.39 is 0 Å². The molecule has 20 heavy (non-hydrogen) atoms. The first-order valence-corrected chi connectivity index (χ1v) is 6.97. The van der Waals surface area contributed by atoms with E-state index in [0.29, 0.717) is 25.1 Å². The lowest BCUT2D eigenvalue weighted by atomic mass is 10.1. The molecule has 5 nitrogen and oxygen atoms in total. The third kappa shape index (κ3) is 5.01. The number of carbonyl (C=O) groups excluding carboxylic acids is 2. The highest BCUT2D eigenvalue weighted by Gasteiger charge is 2.08. The molecule has 110 valence electrons. The van der Waals surface area contributed by atoms with E-state index in [9.17, 15) is 9.59 Å². The smallest absolute Gasteiger partial charge is 0.251 e. The van der Waals surface area contributed by atoms with Crippen LogP contribution in [0.25, 0.3) is 0 Å². The minimum Gasteiger partial charge on any atom is -0.352 e. The summed E-state index contributed by atoms with van der Waals surface area (Å²) in [4.78, 5) is 23.4. The summed E-state index contributed by atoms with van der Waals surface area (Å²) in [6.07, 6.45) is 0.436. The fourth-order valence-corrected chi connectivity index (χ4v) is 1.80. The third-order valence-electron chi connectivity index (χ3n) is 2.88. The SMILES string of the molecule is CCNCCC(=O)Nc1ccc(C(=O)NCC)cc1C. The number of aryl methyl sites for hydroxylation is 1. The Morgan fingerprint density at radius 3 is 2.50 bits per heavy atom. The summed E-state index contributed by atoms with van der Waals surface area (Å²) in [7, 11) is 0. The largest absolute Gasteiger partial charge is 0.352 e. The van der Waals surface area contributed by atoms with Crippen molar-refractivity contribution in [3.05, 3.63) is 29.3 Å². The fourth-order valence-electron chi connectivity index (χ4n) is 1.80. The number of carbonyl (C=O) groups is 2. The van der Waals surface area contributed by atoms with Gasteiger partial charge in [-0.05, 0) is 44.2 Å². The first-order valence-electron chi connectivity index (χ1n) is 6.97. The van der Waals surface area contributed by atoms with Gasteiger partial charge in [-0.25, -0.2) is 0 Å². The van der Waals surface area contributed by atoms with Gasteiger partial charge in [0.25, 0.3) is 5.91 Å². The highest BCUT2D eigenvalue weighted by atomic mass is 16.2. The zero-order valence-corrected chi connectivity index (χ0v) is 12.4. The summed E-state index contributed by atoms with van der Waals surface area (Å²) < 4.78 is 0. The summed E-state index contributed by atoms with van der Waals surface area (Å²) in [6.45, 7) is 7.88. The number of anilines is 1. The van der Waals surface area contributed by atoms with Crippen LogP contribution in [-0.4, -0.2) is 31.4 Å². The van der Waals surface area contributed by atoms with E-state index in [0.717, 1.165) is 17.8 Å². The molecule has 0 aromatic heterocycles. The number of amides is 2. The molecular weight excluding hydrogens is 254 g/mol. The lowest BCUT2D eigenvalue weighted by Gasteiger charge is -2.10. The Morgan fingerprint density at radius 2 is 1.90 bits per heavy atom. The van der Waals surface area contributed by atoms with Crippen LogP contribution in [0, 0.1) is 6.92 Å². The van der Waals surface area contributed by atoms with Gasteiger partial charge in [0.05, 0.1) is 0 Å². The topological polar surface area (TPSA) is 70.2 Å². The molecule has 0 radical (unpaired) electrons. The summed E-state index contributed by atoms with van der Waals surface area (Å²) >= 11 is 0. The van der Waals surface area contributed by atoms with Crippen LogP contribution in [0.15, 0.2) is 18.2 Å². The molecule has 0 saturated heterocycles. The molecule has 0 atom stereocenters. The standard InChI is InChI=1S/C15H23N3O2/c1-4-16-9-8-14(19)18-13-7-6-12(10-11(13)3)15(20)17-5-2/h6-7,10,16H,4-5,8-9H2,1-3H3,(H,17,20)(H,18,19). The van der Waals surface area contributed by atoms with E-state index in [4.69, 9.17) is 0 Å². The van der Waals surface area contributed by atoms with Crippen molar-refractivity contribution >= 4 is 17.5 Å². The van der Waals surface area contributed by atoms with E-state index in [2.05, 4.69) is 16.0 Å². The van der Waals surface area contributed by atoms with Crippen LogP contribution in [0.3, 0.4) is 0 Å². The van der Waals surface area contributed by atoms with Crippen molar-refractivity contribution < 1.29 is 9.59 Å². The predicted molar refractivity (Wildman–Crippen MR) is 81.0 cm³/mol. The molecule has 0 aliphatic carbocycles. The molecular formula is C15H23N3O2. The molecule has 0 bridgehead atoms. The minimum absolute atomic E-state index is 0.0280. The van der Waals surface area contributed by atoms with Crippen LogP contribution in [-0.2, 0) is 4.79 Å². The molecule has 1 aromatic carbocycles. The maximum Gasteiger partial charge on any atom is 0.251 e. The molecule has 0 spiro atoms. The summed E-state index contributed by atoms with van der Waals surface area (Å²) in [6, 6.07) is 5.27. The second-order valence-electron chi connectivity index (χ2n) is 4.54. The fraction of sp³-hybridized carbons (Fsp3) is 0.467. The Kier molecular flexibility index (Phi) is 6.73. The number of rotatable bonds is 7. The summed E-state index contributed by atoms with van der Waals surface area (Å²) in [5.74, 6) is -0.125. The van der Waals surface area contributed by atoms with Crippen molar-refractivity contribution in [1.29, 1.82) is 0 Å². The molecule has 5 heteroatoms. The molecule has 0 aliphatic rings. The summed E-state index contributed by atoms with van der Waals surface area (Å²) in [5.41, 5.74) is 2.24. The number of benzene rings is 1. The quantitative estimate of drug-likeness (QED) is 0.664. The van der Waals surface area contributed by atoms with Gasteiger partial charge in [-0.3, -0.25) is 9.59 Å². The van der Waals surface area contributed by atoms with Crippen LogP contribution in [0.4, 0.5) is 5.69 Å². The minimum atomic E-state index is -0.0966. The van der Waals surface area contributed by atoms with E-state index in [1.54, 1.807) is 18.2 Å². The zero-order valence-electron chi connectivity index (χ0n) is 12.4. The molecule has 2 amide bonds. The van der Waals surface area contributed by atoms with Gasteiger partial charge in [-0.15, -0.1) is 0 Å². The molecule has 3 N–H and O–H groups in total. The molecule has 0 unspecified atom stereocenters. The zero-order chi connectivity index (χ0) is 15.0. The maximum atomic E-state index is 11.7. The van der Waals surface area contributed by atoms with Gasteiger partial charge in [0.2, 0.25) is 5.91 Å². The van der Waals surface area contributed by atoms with E-state index in [1.807, 2.05) is 20.8 Å². The van der Waals surface area contributed by atoms with Gasteiger partial charge in [0.15, 0.2) is 0 Å².